The summed E-state index contributed by atoms with van der Waals surface area (Å²) in [5, 5.41) is 0. The van der Waals surface area contributed by atoms with E-state index in [1.807, 2.05) is 125 Å². The van der Waals surface area contributed by atoms with E-state index < -0.39 is 42.1 Å². The van der Waals surface area contributed by atoms with Crippen molar-refractivity contribution in [2.75, 3.05) is 0 Å². The molecular weight excluding hydrogens is 812 g/mol. The van der Waals surface area contributed by atoms with Crippen LogP contribution in [0.25, 0.3) is 22.3 Å². The molecule has 0 saturated heterocycles. The fourth-order valence-electron chi connectivity index (χ4n) is 4.53. The summed E-state index contributed by atoms with van der Waals surface area (Å²) in [6, 6.07) is 40.5. The summed E-state index contributed by atoms with van der Waals surface area (Å²) in [4.78, 5) is 0. The summed E-state index contributed by atoms with van der Waals surface area (Å²) in [5.74, 6) is 3.07. The molecule has 5 aromatic rings. The van der Waals surface area contributed by atoms with Crippen molar-refractivity contribution in [1.29, 1.82) is 0 Å². The monoisotopic (exact) mass is 850 g/mol. The predicted octanol–water partition coefficient (Wildman–Crippen LogP) is 9.53. The second-order valence-electron chi connectivity index (χ2n) is 11.6. The fourth-order valence-corrected chi connectivity index (χ4v) is 11.8. The predicted molar refractivity (Wildman–Crippen MR) is 204 cm³/mol. The Balaban J connectivity index is 1.44. The van der Waals surface area contributed by atoms with Crippen molar-refractivity contribution >= 4 is 71.4 Å². The first kappa shape index (κ1) is 35.2. The van der Waals surface area contributed by atoms with Crippen LogP contribution in [0.4, 0.5) is 0 Å². The van der Waals surface area contributed by atoms with Crippen LogP contribution in [0.2, 0.25) is 0 Å². The van der Waals surface area contributed by atoms with Gasteiger partial charge in [-0.25, -0.2) is 0 Å². The Morgan fingerprint density at radius 1 is 0.333 bits per heavy atom. The van der Waals surface area contributed by atoms with E-state index in [4.69, 9.17) is 12.1 Å². The molecule has 0 fully saturated rings. The van der Waals surface area contributed by atoms with Gasteiger partial charge in [-0.1, -0.05) is 0 Å². The van der Waals surface area contributed by atoms with Gasteiger partial charge in [-0.3, -0.25) is 0 Å². The summed E-state index contributed by atoms with van der Waals surface area (Å²) in [5.41, 5.74) is 8.33. The van der Waals surface area contributed by atoms with Gasteiger partial charge >= 0.3 is 304 Å². The maximum absolute atomic E-state index is 6.62. The first-order valence-corrected chi connectivity index (χ1v) is 22.2. The molecule has 0 amide bonds. The Bertz CT molecular complexity index is 1630. The minimum absolute atomic E-state index is 0.768. The third-order valence-electron chi connectivity index (χ3n) is 7.41. The van der Waals surface area contributed by atoms with E-state index in [0.717, 1.165) is 74.6 Å². The van der Waals surface area contributed by atoms with Crippen molar-refractivity contribution in [3.8, 4) is 23.0 Å². The van der Waals surface area contributed by atoms with E-state index in [2.05, 4.69) is 50.6 Å². The van der Waals surface area contributed by atoms with Crippen LogP contribution in [0.15, 0.2) is 148 Å². The Hall–Kier alpha value is -4.10. The molecule has 0 saturated carbocycles. The van der Waals surface area contributed by atoms with Gasteiger partial charge in [-0.2, -0.15) is 0 Å². The molecule has 0 aliphatic carbocycles. The van der Waals surface area contributed by atoms with E-state index in [1.54, 1.807) is 0 Å². The van der Waals surface area contributed by atoms with E-state index in [-0.39, 0.29) is 0 Å². The Morgan fingerprint density at radius 2 is 0.521 bits per heavy atom. The van der Waals surface area contributed by atoms with Crippen molar-refractivity contribution in [3.63, 3.8) is 0 Å². The molecule has 0 aliphatic heterocycles. The summed E-state index contributed by atoms with van der Waals surface area (Å²) in [6.07, 6.45) is 0. The van der Waals surface area contributed by atoms with E-state index in [0.29, 0.717) is 0 Å². The van der Waals surface area contributed by atoms with Gasteiger partial charge in [0.25, 0.3) is 0 Å². The van der Waals surface area contributed by atoms with Crippen molar-refractivity contribution in [2.24, 2.45) is 0 Å². The zero-order chi connectivity index (χ0) is 34.2. The SMILES string of the molecule is C=C(C)c1ccc([O][Sb]([O]c2ccc(C(=C)C)cc2)[c]2cc[c]([Sb]([O]c3ccc(C(=C)C)cc3)[O]c3ccc(C(=C)C)cc3)cc2)cc1. The van der Waals surface area contributed by atoms with Crippen LogP contribution >= 0.6 is 0 Å². The van der Waals surface area contributed by atoms with Crippen LogP contribution in [-0.2, 0) is 0 Å². The molecule has 0 bridgehead atoms. The number of benzene rings is 5. The quantitative estimate of drug-likeness (QED) is 0.104. The summed E-state index contributed by atoms with van der Waals surface area (Å²) in [6.45, 7) is 24.2. The van der Waals surface area contributed by atoms with Gasteiger partial charge in [0, 0.05) is 0 Å². The average molecular weight is 852 g/mol. The average Bonchev–Trinajstić information content (AvgIpc) is 3.08. The van der Waals surface area contributed by atoms with Crippen LogP contribution in [0, 0.1) is 0 Å². The maximum atomic E-state index is 6.62. The van der Waals surface area contributed by atoms with E-state index in [9.17, 15) is 0 Å². The third kappa shape index (κ3) is 9.50. The molecule has 5 aromatic carbocycles. The molecule has 6 heteroatoms. The molecular formula is C42H40O4Sb2. The van der Waals surface area contributed by atoms with Crippen LogP contribution < -0.4 is 19.1 Å². The zero-order valence-electron chi connectivity index (χ0n) is 27.9. The number of hydrogen-bond acceptors (Lipinski definition) is 4. The Kier molecular flexibility index (Phi) is 12.0. The molecule has 4 nitrogen and oxygen atoms in total. The van der Waals surface area contributed by atoms with Crippen LogP contribution in [0.1, 0.15) is 49.9 Å². The summed E-state index contributed by atoms with van der Waals surface area (Å²) < 4.78 is 28.6. The third-order valence-corrected chi connectivity index (χ3v) is 15.8. The standard InChI is InChI=1S/4C9H10O.C6H4.2Sb/c4*1-7(2)8-3-5-9(10)6-4-8;1-2-4-6-5-3-1;;/h4*3-6,10H,1H2,2H3;1-2,5-6H;;/q;;;;;2*+2/p-4. The second kappa shape index (κ2) is 16.3. The van der Waals surface area contributed by atoms with Crippen LogP contribution in [-0.4, -0.2) is 42.1 Å². The minimum atomic E-state index is -3.03. The van der Waals surface area contributed by atoms with Gasteiger partial charge in [0.1, 0.15) is 0 Å². The van der Waals surface area contributed by atoms with Crippen molar-refractivity contribution in [1.82, 2.24) is 0 Å². The molecule has 0 heterocycles. The number of allylic oxidation sites excluding steroid dienone is 4. The summed E-state index contributed by atoms with van der Waals surface area (Å²) >= 11 is -6.06. The first-order chi connectivity index (χ1) is 23.0. The first-order valence-electron chi connectivity index (χ1n) is 15.5. The molecule has 0 aliphatic rings. The molecule has 48 heavy (non-hydrogen) atoms. The Morgan fingerprint density at radius 3 is 0.688 bits per heavy atom. The molecule has 0 N–H and O–H groups in total. The molecule has 5 rings (SSSR count). The van der Waals surface area contributed by atoms with Crippen LogP contribution in [0.3, 0.4) is 0 Å². The van der Waals surface area contributed by atoms with Gasteiger partial charge in [0.2, 0.25) is 0 Å². The summed E-state index contributed by atoms with van der Waals surface area (Å²) in [7, 11) is 0. The van der Waals surface area contributed by atoms with Crippen molar-refractivity contribution in [3.05, 3.63) is 170 Å². The molecule has 0 unspecified atom stereocenters. The molecule has 0 spiro atoms. The van der Waals surface area contributed by atoms with E-state index in [1.165, 1.54) is 0 Å². The number of rotatable bonds is 14. The normalized spacial score (nSPS) is 10.8. The fraction of sp³-hybridized carbons (Fsp3) is 0.0952. The zero-order valence-corrected chi connectivity index (χ0v) is 33.0. The molecule has 0 aromatic heterocycles. The van der Waals surface area contributed by atoms with Gasteiger partial charge in [-0.05, 0) is 0 Å². The Labute approximate surface area is 301 Å². The number of hydrogen-bond donors (Lipinski definition) is 0. The van der Waals surface area contributed by atoms with Crippen molar-refractivity contribution < 1.29 is 12.1 Å². The van der Waals surface area contributed by atoms with Crippen molar-refractivity contribution in [2.45, 2.75) is 27.7 Å². The van der Waals surface area contributed by atoms with Gasteiger partial charge in [0.05, 0.1) is 0 Å². The molecule has 0 radical (unpaired) electrons. The molecule has 242 valence electrons. The van der Waals surface area contributed by atoms with E-state index >= 15 is 0 Å². The second-order valence-corrected chi connectivity index (χ2v) is 19.6. The van der Waals surface area contributed by atoms with Gasteiger partial charge in [0.15, 0.2) is 0 Å². The topological polar surface area (TPSA) is 36.9 Å². The van der Waals surface area contributed by atoms with Gasteiger partial charge in [-0.15, -0.1) is 0 Å². The molecule has 0 atom stereocenters. The van der Waals surface area contributed by atoms with Gasteiger partial charge < -0.3 is 0 Å². The van der Waals surface area contributed by atoms with Crippen LogP contribution in [0.5, 0.6) is 23.0 Å².